The van der Waals surface area contributed by atoms with Gasteiger partial charge in [-0.15, -0.1) is 0 Å². The zero-order valence-electron chi connectivity index (χ0n) is 17.5. The summed E-state index contributed by atoms with van der Waals surface area (Å²) in [6.45, 7) is 0. The Morgan fingerprint density at radius 1 is 1.09 bits per heavy atom. The molecule has 2 aromatic rings. The number of ether oxygens (including phenoxy) is 1. The largest absolute Gasteiger partial charge is 0.508 e. The number of rotatable bonds is 4. The molecule has 1 saturated carbocycles. The van der Waals surface area contributed by atoms with Crippen molar-refractivity contribution in [2.24, 2.45) is 0 Å². The highest BCUT2D eigenvalue weighted by Gasteiger charge is 2.49. The number of methoxy groups -OCH3 is 1. The fourth-order valence-electron chi connectivity index (χ4n) is 4.70. The number of hydrogen-bond donors (Lipinski definition) is 2. The van der Waals surface area contributed by atoms with Crippen molar-refractivity contribution in [3.63, 3.8) is 0 Å². The van der Waals surface area contributed by atoms with Crippen LogP contribution in [0.2, 0.25) is 10.0 Å². The van der Waals surface area contributed by atoms with Crippen molar-refractivity contribution in [2.75, 3.05) is 7.11 Å². The molecule has 0 aromatic heterocycles. The van der Waals surface area contributed by atoms with Gasteiger partial charge >= 0.3 is 0 Å². The third-order valence-corrected chi connectivity index (χ3v) is 6.60. The summed E-state index contributed by atoms with van der Waals surface area (Å²) in [5.41, 5.74) is 0.572. The van der Waals surface area contributed by atoms with Gasteiger partial charge in [-0.1, -0.05) is 54.6 Å². The molecule has 1 unspecified atom stereocenters. The lowest BCUT2D eigenvalue weighted by Gasteiger charge is -2.35. The number of aliphatic hydroxyl groups excluding tert-OH is 1. The van der Waals surface area contributed by atoms with Gasteiger partial charge in [-0.2, -0.15) is 0 Å². The fraction of sp³-hybridized carbons (Fsp3) is 0.333. The van der Waals surface area contributed by atoms with Gasteiger partial charge in [0.05, 0.1) is 29.3 Å². The molecule has 1 heterocycles. The van der Waals surface area contributed by atoms with Gasteiger partial charge in [-0.25, -0.2) is 0 Å². The lowest BCUT2D eigenvalue weighted by Crippen LogP contribution is -2.40. The van der Waals surface area contributed by atoms with Crippen LogP contribution in [0.1, 0.15) is 49.3 Å². The van der Waals surface area contributed by atoms with Gasteiger partial charge in [-0.05, 0) is 42.7 Å². The van der Waals surface area contributed by atoms with E-state index >= 15 is 0 Å². The van der Waals surface area contributed by atoms with Crippen LogP contribution in [0.25, 0.3) is 5.76 Å². The molecule has 1 atom stereocenters. The van der Waals surface area contributed by atoms with Crippen molar-refractivity contribution in [1.82, 2.24) is 4.90 Å². The fourth-order valence-corrected chi connectivity index (χ4v) is 5.27. The Morgan fingerprint density at radius 2 is 1.81 bits per heavy atom. The Kier molecular flexibility index (Phi) is 6.35. The van der Waals surface area contributed by atoms with Crippen LogP contribution in [-0.4, -0.2) is 40.0 Å². The third-order valence-electron chi connectivity index (χ3n) is 6.10. The monoisotopic (exact) mass is 475 g/mol. The highest BCUT2D eigenvalue weighted by atomic mass is 35.5. The first kappa shape index (κ1) is 22.5. The first-order chi connectivity index (χ1) is 15.3. The number of phenols is 1. The molecule has 6 nitrogen and oxygen atoms in total. The predicted octanol–water partition coefficient (Wildman–Crippen LogP) is 5.46. The van der Waals surface area contributed by atoms with Crippen LogP contribution in [0, 0.1) is 0 Å². The van der Waals surface area contributed by atoms with Gasteiger partial charge in [0.15, 0.2) is 0 Å². The number of carbonyl (C=O) groups is 2. The second kappa shape index (κ2) is 9.04. The minimum absolute atomic E-state index is 0.000104. The molecular formula is C24H23Cl2NO5. The van der Waals surface area contributed by atoms with Crippen molar-refractivity contribution in [3.05, 3.63) is 63.1 Å². The molecule has 0 bridgehead atoms. The molecule has 0 radical (unpaired) electrons. The molecule has 1 aliphatic carbocycles. The van der Waals surface area contributed by atoms with Gasteiger partial charge in [0.2, 0.25) is 0 Å². The van der Waals surface area contributed by atoms with E-state index in [-0.39, 0.29) is 38.7 Å². The molecule has 1 aliphatic heterocycles. The summed E-state index contributed by atoms with van der Waals surface area (Å²) in [7, 11) is 1.39. The van der Waals surface area contributed by atoms with E-state index in [2.05, 4.69) is 0 Å². The Morgan fingerprint density at radius 3 is 2.47 bits per heavy atom. The summed E-state index contributed by atoms with van der Waals surface area (Å²) >= 11 is 12.4. The molecule has 2 aliphatic rings. The quantitative estimate of drug-likeness (QED) is 0.348. The SMILES string of the molecule is COc1c(Cl)cc(Cl)cc1/C(O)=C1\C(=O)C(=O)N(C2CCCCC2)C1c1cccc(O)c1. The van der Waals surface area contributed by atoms with Crippen molar-refractivity contribution in [3.8, 4) is 11.5 Å². The Balaban J connectivity index is 1.95. The van der Waals surface area contributed by atoms with Gasteiger partial charge in [0.25, 0.3) is 11.7 Å². The first-order valence-electron chi connectivity index (χ1n) is 10.5. The van der Waals surface area contributed by atoms with Crippen molar-refractivity contribution >= 4 is 40.7 Å². The number of phenolic OH excluding ortho intramolecular Hbond substituents is 1. The zero-order valence-corrected chi connectivity index (χ0v) is 19.0. The Bertz CT molecular complexity index is 1110. The lowest BCUT2D eigenvalue weighted by molar-refractivity contribution is -0.141. The summed E-state index contributed by atoms with van der Waals surface area (Å²) in [5, 5.41) is 21.8. The van der Waals surface area contributed by atoms with Crippen LogP contribution in [0.5, 0.6) is 11.5 Å². The number of aromatic hydroxyl groups is 1. The van der Waals surface area contributed by atoms with Crippen LogP contribution in [0.3, 0.4) is 0 Å². The molecule has 2 fully saturated rings. The second-order valence-corrected chi connectivity index (χ2v) is 8.91. The minimum Gasteiger partial charge on any atom is -0.508 e. The number of halogens is 2. The number of amides is 1. The second-order valence-electron chi connectivity index (χ2n) is 8.06. The van der Waals surface area contributed by atoms with E-state index < -0.39 is 23.5 Å². The lowest BCUT2D eigenvalue weighted by atomic mass is 9.91. The van der Waals surface area contributed by atoms with E-state index in [1.54, 1.807) is 17.0 Å². The number of nitrogens with zero attached hydrogens (tertiary/aromatic N) is 1. The molecule has 4 rings (SSSR count). The van der Waals surface area contributed by atoms with Crippen LogP contribution in [0.4, 0.5) is 0 Å². The number of Topliss-reactive ketones (excluding diaryl/α,β-unsaturated/α-hetero) is 1. The summed E-state index contributed by atoms with van der Waals surface area (Å²) < 4.78 is 5.34. The highest BCUT2D eigenvalue weighted by molar-refractivity contribution is 6.47. The maximum absolute atomic E-state index is 13.2. The standard InChI is InChI=1S/C24H23Cl2NO5/c1-32-23-17(11-14(25)12-18(23)26)21(29)19-20(13-6-5-9-16(28)10-13)27(24(31)22(19)30)15-7-3-2-4-8-15/h5-6,9-12,15,20,28-29H,2-4,7-8H2,1H3/b21-19+. The minimum atomic E-state index is -0.854. The molecule has 32 heavy (non-hydrogen) atoms. The number of aliphatic hydroxyl groups is 1. The molecule has 1 amide bonds. The smallest absolute Gasteiger partial charge is 0.295 e. The molecule has 2 N–H and O–H groups in total. The maximum atomic E-state index is 13.2. The molecular weight excluding hydrogens is 453 g/mol. The van der Waals surface area contributed by atoms with Crippen LogP contribution < -0.4 is 4.74 Å². The number of likely N-dealkylation sites (tertiary alicyclic amines) is 1. The van der Waals surface area contributed by atoms with Crippen LogP contribution >= 0.6 is 23.2 Å². The normalized spacial score (nSPS) is 21.2. The number of hydrogen-bond acceptors (Lipinski definition) is 5. The van der Waals surface area contributed by atoms with E-state index in [1.165, 1.54) is 31.4 Å². The third kappa shape index (κ3) is 3.93. The molecule has 2 aromatic carbocycles. The molecule has 168 valence electrons. The van der Waals surface area contributed by atoms with Crippen molar-refractivity contribution in [2.45, 2.75) is 44.2 Å². The van der Waals surface area contributed by atoms with Gasteiger partial charge in [0.1, 0.15) is 17.3 Å². The van der Waals surface area contributed by atoms with E-state index in [1.807, 2.05) is 0 Å². The number of ketones is 1. The topological polar surface area (TPSA) is 87.1 Å². The van der Waals surface area contributed by atoms with Gasteiger partial charge < -0.3 is 19.8 Å². The molecule has 8 heteroatoms. The van der Waals surface area contributed by atoms with E-state index in [4.69, 9.17) is 27.9 Å². The van der Waals surface area contributed by atoms with Gasteiger partial charge in [-0.3, -0.25) is 9.59 Å². The van der Waals surface area contributed by atoms with Crippen molar-refractivity contribution < 1.29 is 24.5 Å². The van der Waals surface area contributed by atoms with E-state index in [0.29, 0.717) is 5.56 Å². The first-order valence-corrected chi connectivity index (χ1v) is 11.2. The summed E-state index contributed by atoms with van der Waals surface area (Å²) in [5.74, 6) is -1.73. The average Bonchev–Trinajstić information content (AvgIpc) is 3.04. The summed E-state index contributed by atoms with van der Waals surface area (Å²) in [6.07, 6.45) is 4.54. The van der Waals surface area contributed by atoms with E-state index in [0.717, 1.165) is 32.1 Å². The Labute approximate surface area is 196 Å². The molecule has 1 saturated heterocycles. The summed E-state index contributed by atoms with van der Waals surface area (Å²) in [6, 6.07) is 8.29. The van der Waals surface area contributed by atoms with E-state index in [9.17, 15) is 19.8 Å². The van der Waals surface area contributed by atoms with Gasteiger partial charge in [0, 0.05) is 11.1 Å². The van der Waals surface area contributed by atoms with Crippen LogP contribution in [-0.2, 0) is 9.59 Å². The predicted molar refractivity (Wildman–Crippen MR) is 122 cm³/mol. The zero-order chi connectivity index (χ0) is 23.0. The maximum Gasteiger partial charge on any atom is 0.295 e. The number of carbonyl (C=O) groups excluding carboxylic acids is 2. The summed E-state index contributed by atoms with van der Waals surface area (Å²) in [4.78, 5) is 28.0. The molecule has 0 spiro atoms. The number of benzene rings is 2. The Hall–Kier alpha value is -2.70. The highest BCUT2D eigenvalue weighted by Crippen LogP contribution is 2.45. The average molecular weight is 476 g/mol. The van der Waals surface area contributed by atoms with Crippen molar-refractivity contribution in [1.29, 1.82) is 0 Å². The van der Waals surface area contributed by atoms with Crippen LogP contribution in [0.15, 0.2) is 42.0 Å².